The van der Waals surface area contributed by atoms with Gasteiger partial charge >= 0.3 is 115 Å². The van der Waals surface area contributed by atoms with Crippen LogP contribution in [0.1, 0.15) is 189 Å². The Morgan fingerprint density at radius 3 is 0.738 bits per heavy atom. The van der Waals surface area contributed by atoms with Gasteiger partial charge in [0.1, 0.15) is 46.0 Å². The normalized spacial score (nSPS) is 13.2. The molecule has 0 amide bonds. The summed E-state index contributed by atoms with van der Waals surface area (Å²) < 4.78 is 51.1. The van der Waals surface area contributed by atoms with Gasteiger partial charge < -0.3 is 150 Å². The van der Waals surface area contributed by atoms with Crippen molar-refractivity contribution in [3.63, 3.8) is 0 Å². The van der Waals surface area contributed by atoms with E-state index in [-0.39, 0.29) is 52.5 Å². The quantitative estimate of drug-likeness (QED) is 0.0174. The summed E-state index contributed by atoms with van der Waals surface area (Å²) in [4.78, 5) is 244. The molecule has 145 heavy (non-hydrogen) atoms. The van der Waals surface area contributed by atoms with Crippen LogP contribution < -0.4 is 58.8 Å². The van der Waals surface area contributed by atoms with Gasteiger partial charge in [-0.3, -0.25) is 0 Å². The van der Waals surface area contributed by atoms with Crippen LogP contribution in [0.25, 0.3) is 56.0 Å². The van der Waals surface area contributed by atoms with Gasteiger partial charge in [-0.05, 0) is 216 Å². The Morgan fingerprint density at radius 1 is 0.228 bits per heavy atom. The van der Waals surface area contributed by atoms with E-state index >= 15 is 0 Å². The van der Waals surface area contributed by atoms with Gasteiger partial charge in [-0.15, -0.1) is 0 Å². The Kier molecular flexibility index (Phi) is 25.4. The molecule has 48 nitrogen and oxygen atoms in total. The Balaban J connectivity index is 0.0000151. The fourth-order valence-corrected chi connectivity index (χ4v) is 14.9. The summed E-state index contributed by atoms with van der Waals surface area (Å²) >= 11 is 0. The van der Waals surface area contributed by atoms with Crippen molar-refractivity contribution in [1.29, 1.82) is 0 Å². The molecule has 0 fully saturated rings. The predicted molar refractivity (Wildman–Crippen MR) is 473 cm³/mol. The summed E-state index contributed by atoms with van der Waals surface area (Å²) in [6.07, 6.45) is 4.35. The first kappa shape index (κ1) is 96.9. The summed E-state index contributed by atoms with van der Waals surface area (Å²) in [5.41, 5.74) is -15.1. The van der Waals surface area contributed by atoms with Crippen LogP contribution in [-0.4, -0.2) is 207 Å². The molecule has 2 aromatic heterocycles. The maximum Gasteiger partial charge on any atom is 2.00 e. The van der Waals surface area contributed by atoms with Crippen molar-refractivity contribution in [1.82, 2.24) is 39.9 Å². The van der Waals surface area contributed by atoms with Crippen LogP contribution in [0.5, 0.6) is 69.0 Å². The first-order chi connectivity index (χ1) is 68.3. The molecular formula is C96H50N8O40Zn. The maximum absolute atomic E-state index is 12.8. The van der Waals surface area contributed by atoms with Gasteiger partial charge in [0.15, 0.2) is 46.0 Å². The molecular weight excluding hydrogens is 1970 g/mol. The van der Waals surface area contributed by atoms with E-state index in [1.165, 1.54) is 0 Å². The number of aromatic carboxylic acids is 16. The van der Waals surface area contributed by atoms with Crippen molar-refractivity contribution in [2.45, 2.75) is 11.8 Å². The minimum Gasteiger partial charge on any atom is -0.478 e. The third kappa shape index (κ3) is 20.1. The number of fused-ring (bicyclic) bond motifs is 18. The Bertz CT molecular complexity index is 8240. The zero-order valence-corrected chi connectivity index (χ0v) is 74.8. The van der Waals surface area contributed by atoms with Gasteiger partial charge in [-0.2, -0.15) is 0 Å². The number of carboxylic acid groups (broad SMARTS) is 16. The number of allylic oxidation sites excluding steroid dienone is 4. The van der Waals surface area contributed by atoms with Gasteiger partial charge in [-0.1, -0.05) is 0 Å². The summed E-state index contributed by atoms with van der Waals surface area (Å²) in [7, 11) is 0. The van der Waals surface area contributed by atoms with Crippen LogP contribution in [0.4, 0.5) is 0 Å². The Labute approximate surface area is 812 Å². The van der Waals surface area contributed by atoms with Gasteiger partial charge in [0.25, 0.3) is 0 Å². The second kappa shape index (κ2) is 38.1. The van der Waals surface area contributed by atoms with Gasteiger partial charge in [0.05, 0.1) is 118 Å². The second-order valence-electron chi connectivity index (χ2n) is 30.9. The molecule has 49 heteroatoms. The molecule has 8 bridgehead atoms. The molecule has 716 valence electrons. The first-order valence-corrected chi connectivity index (χ1v) is 40.4. The zero-order valence-electron chi connectivity index (χ0n) is 71.9. The van der Waals surface area contributed by atoms with E-state index in [4.69, 9.17) is 77.8 Å². The van der Waals surface area contributed by atoms with Crippen molar-refractivity contribution in [3.05, 3.63) is 329 Å². The zero-order chi connectivity index (χ0) is 103. The molecule has 0 saturated heterocycles. The van der Waals surface area contributed by atoms with Crippen LogP contribution in [0, 0.1) is 0 Å². The maximum atomic E-state index is 12.8. The van der Waals surface area contributed by atoms with E-state index in [0.29, 0.717) is 0 Å². The summed E-state index contributed by atoms with van der Waals surface area (Å²) in [6, 6.07) is 23.5. The number of aromatic nitrogens is 8. The van der Waals surface area contributed by atoms with E-state index in [1.54, 1.807) is 0 Å². The molecule has 0 radical (unpaired) electrons. The van der Waals surface area contributed by atoms with E-state index < -0.39 is 334 Å². The predicted octanol–water partition coefficient (Wildman–Crippen LogP) is 11.4. The summed E-state index contributed by atoms with van der Waals surface area (Å²) in [5, 5.41) is 165. The molecule has 2 atom stereocenters. The Morgan fingerprint density at radius 2 is 0.462 bits per heavy atom. The third-order valence-electron chi connectivity index (χ3n) is 21.3. The average Bonchev–Trinajstić information content (AvgIpc) is 1.58. The number of hydrogen-bond acceptors (Lipinski definition) is 30. The molecule has 2 aliphatic carbocycles. The van der Waals surface area contributed by atoms with Crippen molar-refractivity contribution < 1.29 is 216 Å². The van der Waals surface area contributed by atoms with Crippen molar-refractivity contribution >= 4 is 129 Å². The van der Waals surface area contributed by atoms with E-state index in [0.717, 1.165) is 194 Å². The fourth-order valence-electron chi connectivity index (χ4n) is 14.9. The molecule has 17 rings (SSSR count). The van der Waals surface area contributed by atoms with Crippen LogP contribution in [0.15, 0.2) is 217 Å². The molecule has 5 heterocycles. The third-order valence-corrected chi connectivity index (χ3v) is 21.3. The molecule has 0 saturated carbocycles. The summed E-state index contributed by atoms with van der Waals surface area (Å²) in [5.74, 6) is -43.2. The van der Waals surface area contributed by atoms with Gasteiger partial charge in [0, 0.05) is 39.6 Å². The topological polar surface area (TPSA) is 776 Å². The minimum absolute atomic E-state index is 0. The van der Waals surface area contributed by atoms with Gasteiger partial charge in [-0.25, -0.2) is 86.7 Å². The number of benzene rings is 10. The number of nitrogens with zero attached hydrogens (tertiary/aromatic N) is 8. The molecule has 3 aliphatic heterocycles. The van der Waals surface area contributed by atoms with E-state index in [1.807, 2.05) is 0 Å². The van der Waals surface area contributed by atoms with Gasteiger partial charge in [0.2, 0.25) is 0 Å². The van der Waals surface area contributed by atoms with Crippen LogP contribution in [-0.2, 0) is 19.5 Å². The van der Waals surface area contributed by atoms with Crippen molar-refractivity contribution in [2.75, 3.05) is 0 Å². The Hall–Kier alpha value is -21.2. The molecule has 12 aromatic rings. The van der Waals surface area contributed by atoms with E-state index in [9.17, 15) is 158 Å². The van der Waals surface area contributed by atoms with Crippen LogP contribution in [0.3, 0.4) is 0 Å². The largest absolute Gasteiger partial charge is 2.00 e. The van der Waals surface area contributed by atoms with Crippen molar-refractivity contribution in [2.24, 2.45) is 0 Å². The molecule has 2 unspecified atom stereocenters. The SMILES string of the molecule is O=C(O)c1cc(OC2=CC3=c4nc(nc5[n-]c(nc6nc(nc7[n-]c(n4)c4cc(Oc8cc(C(=O)O)cc(C(=O)O)c8)c(Oc8cc(C(=O)O)cc(C(=O)O)c8)cc74)-c4cc(Oc7cc(C(=O)O)cc(C(=O)O)c7)c(Oc7cc(C(=O)O)cc(C(=O)O)c7)cc4-6)=C4C=C(Oc6cc(C(=O)O)cc(C(=O)O)c6)C(Oc6cc(C(=O)O)cc(C(=O)O)c6)=CC45)C3C=C2Oc2cc(C(=O)O)cc(C(=O)O)c2)cc(C(=O)O)c1.[Zn+2]. The monoisotopic (exact) mass is 2020 g/mol. The molecule has 16 N–H and O–H groups in total. The molecule has 5 aliphatic rings. The number of hydrogen-bond donors (Lipinski definition) is 16. The molecule has 0 spiro atoms. The number of ether oxygens (including phenoxy) is 8. The average molecular weight is 2020 g/mol. The fraction of sp³-hybridized carbons (Fsp3) is 0.0208. The summed E-state index contributed by atoms with van der Waals surface area (Å²) in [6.45, 7) is 0. The van der Waals surface area contributed by atoms with E-state index in [2.05, 4.69) is 0 Å². The number of carbonyl (C=O) groups is 16. The van der Waals surface area contributed by atoms with Crippen molar-refractivity contribution in [3.8, 4) is 91.8 Å². The molecule has 10 aromatic carbocycles. The standard InChI is InChI=1S/C96H52N8O40.Zn/c105-81(106)33-1-34(82(107)108)10-49(9-33)137-65-25-57-58(26-66(65)138-50-11-35(83(109)110)2-36(12-50)84(111)112)74-97-73(57)101-75-59-27-67(139-51-13-37(85(113)114)3-38(14-51)86(115)116)68(140-52-15-39(87(117)118)4-40(16-52)88(119)120)28-60(59)77(98-75)103-79-63-31-71(143-55-21-45(93(129)130)7-46(22-55)94(131)132)72(144-56-23-47(95(133)134)8-48(24-56)96(135)136)32-64(63)80(100-79)104-78-62-30-70(142-54-19-43(91(125)126)6-44(20-54)92(127)128)69(29-61(62)76(99-78)102-74)141-53-17-41(89(121)122)5-42(18-53)90(123)124;/h1-32,57,59H,(H18,97,98,99,100,101,102,103,104,105,106,107,108,109,110,111,112,113,114,115,116,117,118,119,120,121,122,123,124,125,126,127,128,129,130,131,132,133,134,135,136);/q;+2/p-2. The number of rotatable bonds is 32. The number of carboxylic acids is 16. The first-order valence-electron chi connectivity index (χ1n) is 40.4. The minimum atomic E-state index is -1.72. The van der Waals surface area contributed by atoms with Crippen LogP contribution >= 0.6 is 0 Å². The smallest absolute Gasteiger partial charge is 0.478 e. The second-order valence-corrected chi connectivity index (χ2v) is 30.9. The van der Waals surface area contributed by atoms with Crippen LogP contribution in [0.2, 0.25) is 0 Å².